The zero-order valence-electron chi connectivity index (χ0n) is 16.9. The number of amides is 1. The quantitative estimate of drug-likeness (QED) is 0.432. The highest BCUT2D eigenvalue weighted by atomic mass is 16.5. The Bertz CT molecular complexity index is 921. The minimum absolute atomic E-state index is 0.121. The molecule has 0 saturated carbocycles. The lowest BCUT2D eigenvalue weighted by Crippen LogP contribution is -3.14. The van der Waals surface area contributed by atoms with Crippen LogP contribution in [0.1, 0.15) is 23.6 Å². The SMILES string of the molecule is O=C1C(=O)N(CCC[NH+]2CCOCC2)C(c2ccccc2)C1=C(O)c1ccccc1. The van der Waals surface area contributed by atoms with Gasteiger partial charge in [-0.2, -0.15) is 0 Å². The summed E-state index contributed by atoms with van der Waals surface area (Å²) in [5.74, 6) is -1.29. The highest BCUT2D eigenvalue weighted by Crippen LogP contribution is 2.39. The number of rotatable bonds is 6. The first-order valence-electron chi connectivity index (χ1n) is 10.5. The van der Waals surface area contributed by atoms with Gasteiger partial charge in [0.2, 0.25) is 0 Å². The van der Waals surface area contributed by atoms with Gasteiger partial charge in [0.1, 0.15) is 18.8 Å². The van der Waals surface area contributed by atoms with Crippen LogP contribution in [-0.2, 0) is 14.3 Å². The van der Waals surface area contributed by atoms with E-state index >= 15 is 0 Å². The van der Waals surface area contributed by atoms with Crippen LogP contribution >= 0.6 is 0 Å². The molecule has 156 valence electrons. The van der Waals surface area contributed by atoms with E-state index in [0.29, 0.717) is 12.1 Å². The van der Waals surface area contributed by atoms with Crippen LogP contribution < -0.4 is 4.90 Å². The van der Waals surface area contributed by atoms with E-state index < -0.39 is 17.7 Å². The summed E-state index contributed by atoms with van der Waals surface area (Å²) in [5, 5.41) is 10.9. The predicted molar refractivity (Wildman–Crippen MR) is 113 cm³/mol. The van der Waals surface area contributed by atoms with Crippen molar-refractivity contribution in [2.24, 2.45) is 0 Å². The van der Waals surface area contributed by atoms with Crippen LogP contribution in [0.2, 0.25) is 0 Å². The number of nitrogens with zero attached hydrogens (tertiary/aromatic N) is 1. The number of hydrogen-bond acceptors (Lipinski definition) is 4. The summed E-state index contributed by atoms with van der Waals surface area (Å²) in [4.78, 5) is 28.9. The number of nitrogens with one attached hydrogen (secondary N) is 1. The average Bonchev–Trinajstić information content (AvgIpc) is 3.05. The molecule has 6 heteroatoms. The van der Waals surface area contributed by atoms with Crippen molar-refractivity contribution >= 4 is 17.4 Å². The van der Waals surface area contributed by atoms with E-state index in [0.717, 1.165) is 44.8 Å². The number of ketones is 1. The van der Waals surface area contributed by atoms with E-state index in [1.54, 1.807) is 29.2 Å². The first-order valence-corrected chi connectivity index (χ1v) is 10.5. The van der Waals surface area contributed by atoms with Gasteiger partial charge in [-0.25, -0.2) is 0 Å². The van der Waals surface area contributed by atoms with Crippen LogP contribution in [0.25, 0.3) is 5.76 Å². The molecule has 1 amide bonds. The minimum Gasteiger partial charge on any atom is -0.507 e. The number of likely N-dealkylation sites (tertiary alicyclic amines) is 1. The van der Waals surface area contributed by atoms with Crippen LogP contribution in [0.4, 0.5) is 0 Å². The Hall–Kier alpha value is -2.96. The van der Waals surface area contributed by atoms with E-state index in [4.69, 9.17) is 4.74 Å². The minimum atomic E-state index is -0.621. The molecule has 1 unspecified atom stereocenters. The van der Waals surface area contributed by atoms with Gasteiger partial charge in [-0.15, -0.1) is 0 Å². The molecule has 2 fully saturated rings. The Kier molecular flexibility index (Phi) is 6.26. The molecule has 2 aromatic rings. The number of aliphatic hydroxyl groups excluding tert-OH is 1. The number of Topliss-reactive ketones (excluding diaryl/α,β-unsaturated/α-hetero) is 1. The largest absolute Gasteiger partial charge is 0.507 e. The number of benzene rings is 2. The number of quaternary nitrogens is 1. The summed E-state index contributed by atoms with van der Waals surface area (Å²) < 4.78 is 5.40. The van der Waals surface area contributed by atoms with E-state index in [2.05, 4.69) is 0 Å². The highest BCUT2D eigenvalue weighted by Gasteiger charge is 2.45. The molecule has 1 atom stereocenters. The first-order chi connectivity index (χ1) is 14.7. The second-order valence-corrected chi connectivity index (χ2v) is 7.74. The van der Waals surface area contributed by atoms with Gasteiger partial charge >= 0.3 is 0 Å². The molecule has 0 bridgehead atoms. The molecule has 0 radical (unpaired) electrons. The van der Waals surface area contributed by atoms with Gasteiger partial charge in [0.25, 0.3) is 11.7 Å². The summed E-state index contributed by atoms with van der Waals surface area (Å²) in [6.07, 6.45) is 0.789. The Morgan fingerprint density at radius 2 is 1.63 bits per heavy atom. The van der Waals surface area contributed by atoms with E-state index in [1.165, 1.54) is 4.90 Å². The zero-order chi connectivity index (χ0) is 20.9. The van der Waals surface area contributed by atoms with Gasteiger partial charge in [0.15, 0.2) is 0 Å². The third kappa shape index (κ3) is 4.15. The van der Waals surface area contributed by atoms with Crippen molar-refractivity contribution in [3.05, 3.63) is 77.4 Å². The Balaban J connectivity index is 1.63. The van der Waals surface area contributed by atoms with Crippen molar-refractivity contribution in [2.45, 2.75) is 12.5 Å². The summed E-state index contributed by atoms with van der Waals surface area (Å²) in [6, 6.07) is 17.8. The number of aliphatic hydroxyl groups is 1. The summed E-state index contributed by atoms with van der Waals surface area (Å²) in [5.41, 5.74) is 1.53. The maximum atomic E-state index is 12.9. The molecule has 30 heavy (non-hydrogen) atoms. The number of ether oxygens (including phenoxy) is 1. The molecule has 0 aliphatic carbocycles. The molecule has 2 aromatic carbocycles. The second-order valence-electron chi connectivity index (χ2n) is 7.74. The van der Waals surface area contributed by atoms with Crippen LogP contribution in [0, 0.1) is 0 Å². The molecule has 2 N–H and O–H groups in total. The Morgan fingerprint density at radius 3 is 2.30 bits per heavy atom. The molecular weight excluding hydrogens is 380 g/mol. The monoisotopic (exact) mass is 407 g/mol. The summed E-state index contributed by atoms with van der Waals surface area (Å²) >= 11 is 0. The zero-order valence-corrected chi connectivity index (χ0v) is 16.9. The lowest BCUT2D eigenvalue weighted by Gasteiger charge is -2.27. The fraction of sp³-hybridized carbons (Fsp3) is 0.333. The summed E-state index contributed by atoms with van der Waals surface area (Å²) in [6.45, 7) is 4.86. The molecule has 0 spiro atoms. The highest BCUT2D eigenvalue weighted by molar-refractivity contribution is 6.46. The van der Waals surface area contributed by atoms with Crippen molar-refractivity contribution in [2.75, 3.05) is 39.4 Å². The Labute approximate surface area is 176 Å². The van der Waals surface area contributed by atoms with Gasteiger partial charge in [-0.1, -0.05) is 60.7 Å². The first kappa shape index (κ1) is 20.3. The second kappa shape index (κ2) is 9.24. The van der Waals surface area contributed by atoms with Gasteiger partial charge in [0, 0.05) is 18.5 Å². The van der Waals surface area contributed by atoms with E-state index in [1.807, 2.05) is 36.4 Å². The third-order valence-electron chi connectivity index (χ3n) is 5.83. The Morgan fingerprint density at radius 1 is 1.00 bits per heavy atom. The van der Waals surface area contributed by atoms with Gasteiger partial charge < -0.3 is 19.6 Å². The lowest BCUT2D eigenvalue weighted by atomic mass is 9.95. The maximum Gasteiger partial charge on any atom is 0.295 e. The van der Waals surface area contributed by atoms with Crippen LogP contribution in [0.3, 0.4) is 0 Å². The topological polar surface area (TPSA) is 71.3 Å². The van der Waals surface area contributed by atoms with Crippen molar-refractivity contribution in [3.63, 3.8) is 0 Å². The fourth-order valence-corrected chi connectivity index (χ4v) is 4.25. The van der Waals surface area contributed by atoms with Gasteiger partial charge in [0.05, 0.1) is 31.4 Å². The van der Waals surface area contributed by atoms with Gasteiger partial charge in [-0.05, 0) is 5.56 Å². The molecule has 2 heterocycles. The number of morpholine rings is 1. The van der Waals surface area contributed by atoms with Crippen molar-refractivity contribution in [3.8, 4) is 0 Å². The van der Waals surface area contributed by atoms with Gasteiger partial charge in [-0.3, -0.25) is 9.59 Å². The van der Waals surface area contributed by atoms with E-state index in [9.17, 15) is 14.7 Å². The van der Waals surface area contributed by atoms with Crippen molar-refractivity contribution in [1.82, 2.24) is 4.90 Å². The normalized spacial score (nSPS) is 21.9. The number of carbonyl (C=O) groups is 2. The number of carbonyl (C=O) groups excluding carboxylic acids is 2. The maximum absolute atomic E-state index is 12.9. The standard InChI is InChI=1S/C24H26N2O4/c27-22(19-10-5-2-6-11-19)20-21(18-8-3-1-4-9-18)26(24(29)23(20)28)13-7-12-25-14-16-30-17-15-25/h1-6,8-11,21,27H,7,12-17H2/p+1. The molecule has 0 aromatic heterocycles. The fourth-order valence-electron chi connectivity index (χ4n) is 4.25. The average molecular weight is 407 g/mol. The summed E-state index contributed by atoms with van der Waals surface area (Å²) in [7, 11) is 0. The van der Waals surface area contributed by atoms with Crippen molar-refractivity contribution in [1.29, 1.82) is 0 Å². The third-order valence-corrected chi connectivity index (χ3v) is 5.83. The molecular formula is C24H27N2O4+. The van der Waals surface area contributed by atoms with Crippen molar-refractivity contribution < 1.29 is 24.3 Å². The smallest absolute Gasteiger partial charge is 0.295 e. The molecule has 2 saturated heterocycles. The van der Waals surface area contributed by atoms with Crippen LogP contribution in [0.15, 0.2) is 66.2 Å². The van der Waals surface area contributed by atoms with Crippen LogP contribution in [-0.4, -0.2) is 61.1 Å². The molecule has 2 aliphatic heterocycles. The molecule has 6 nitrogen and oxygen atoms in total. The number of hydrogen-bond donors (Lipinski definition) is 2. The molecule has 4 rings (SSSR count). The van der Waals surface area contributed by atoms with Crippen LogP contribution in [0.5, 0.6) is 0 Å². The predicted octanol–water partition coefficient (Wildman–Crippen LogP) is 1.41. The molecule has 2 aliphatic rings. The van der Waals surface area contributed by atoms with E-state index in [-0.39, 0.29) is 11.3 Å². The lowest BCUT2D eigenvalue weighted by molar-refractivity contribution is -0.908.